The van der Waals surface area contributed by atoms with Crippen molar-refractivity contribution in [1.29, 1.82) is 0 Å². The Balaban J connectivity index is 2.45. The van der Waals surface area contributed by atoms with Crippen LogP contribution in [0.15, 0.2) is 42.4 Å². The van der Waals surface area contributed by atoms with Crippen molar-refractivity contribution in [3.05, 3.63) is 59.3 Å². The zero-order chi connectivity index (χ0) is 16.1. The van der Waals surface area contributed by atoms with Gasteiger partial charge in [0, 0.05) is 17.5 Å². The summed E-state index contributed by atoms with van der Waals surface area (Å²) in [6.45, 7) is 3.84. The van der Waals surface area contributed by atoms with E-state index in [-0.39, 0.29) is 5.82 Å². The van der Waals surface area contributed by atoms with Crippen molar-refractivity contribution < 1.29 is 4.39 Å². The first-order valence-electron chi connectivity index (χ1n) is 6.99. The molecule has 0 saturated heterocycles. The predicted molar refractivity (Wildman–Crippen MR) is 87.4 cm³/mol. The number of benzene rings is 1. The second-order valence-electron chi connectivity index (χ2n) is 4.92. The summed E-state index contributed by atoms with van der Waals surface area (Å²) >= 11 is 0. The molecule has 0 aliphatic rings. The highest BCUT2D eigenvalue weighted by Crippen LogP contribution is 2.27. The molecule has 0 atom stereocenters. The van der Waals surface area contributed by atoms with E-state index in [0.717, 1.165) is 5.56 Å². The number of aromatic nitrogens is 1. The molecule has 0 fully saturated rings. The smallest absolute Gasteiger partial charge is 0.146 e. The van der Waals surface area contributed by atoms with Crippen LogP contribution in [0.1, 0.15) is 24.5 Å². The Bertz CT molecular complexity index is 691. The van der Waals surface area contributed by atoms with Crippen molar-refractivity contribution in [2.24, 2.45) is 11.6 Å². The van der Waals surface area contributed by atoms with Crippen molar-refractivity contribution >= 4 is 17.1 Å². The number of hydrogen-bond acceptors (Lipinski definition) is 5. The number of halogens is 1. The first kappa shape index (κ1) is 15.8. The maximum Gasteiger partial charge on any atom is 0.146 e. The average molecular weight is 301 g/mol. The summed E-state index contributed by atoms with van der Waals surface area (Å²) in [5.41, 5.74) is 12.6. The van der Waals surface area contributed by atoms with Crippen LogP contribution in [0.3, 0.4) is 0 Å². The topological polar surface area (TPSA) is 89.0 Å². The Labute approximate surface area is 129 Å². The summed E-state index contributed by atoms with van der Waals surface area (Å²) in [5, 5.41) is 3.05. The van der Waals surface area contributed by atoms with Gasteiger partial charge >= 0.3 is 0 Å². The van der Waals surface area contributed by atoms with Gasteiger partial charge in [-0.1, -0.05) is 13.0 Å². The molecule has 2 rings (SSSR count). The van der Waals surface area contributed by atoms with Gasteiger partial charge in [-0.2, -0.15) is 0 Å². The number of nitrogens with one attached hydrogen (secondary N) is 2. The van der Waals surface area contributed by atoms with Gasteiger partial charge in [0.25, 0.3) is 0 Å². The molecule has 0 radical (unpaired) electrons. The number of allylic oxidation sites excluding steroid dienone is 1. The lowest BCUT2D eigenvalue weighted by molar-refractivity contribution is 0.631. The van der Waals surface area contributed by atoms with Crippen molar-refractivity contribution in [3.8, 4) is 0 Å². The van der Waals surface area contributed by atoms with Crippen LogP contribution in [0.25, 0.3) is 5.70 Å². The van der Waals surface area contributed by atoms with Gasteiger partial charge in [-0.3, -0.25) is 10.8 Å². The number of rotatable bonds is 5. The van der Waals surface area contributed by atoms with Gasteiger partial charge < -0.3 is 16.5 Å². The molecule has 1 aromatic carbocycles. The molecule has 0 saturated carbocycles. The molecule has 6 N–H and O–H groups in total. The van der Waals surface area contributed by atoms with Gasteiger partial charge in [0.2, 0.25) is 0 Å². The minimum absolute atomic E-state index is 0.337. The predicted octanol–water partition coefficient (Wildman–Crippen LogP) is 2.77. The zero-order valence-corrected chi connectivity index (χ0v) is 12.7. The van der Waals surface area contributed by atoms with E-state index >= 15 is 0 Å². The number of nitrogens with zero attached hydrogens (tertiary/aromatic N) is 1. The second-order valence-corrected chi connectivity index (χ2v) is 4.92. The molecule has 0 aliphatic heterocycles. The fraction of sp³-hybridized carbons (Fsp3) is 0.188. The van der Waals surface area contributed by atoms with Crippen LogP contribution in [0.5, 0.6) is 0 Å². The van der Waals surface area contributed by atoms with E-state index < -0.39 is 0 Å². The summed E-state index contributed by atoms with van der Waals surface area (Å²) in [5.74, 6) is 5.15. The maximum absolute atomic E-state index is 13.9. The lowest BCUT2D eigenvalue weighted by Gasteiger charge is -2.15. The number of nitrogens with two attached hydrogens (primary N) is 2. The molecular weight excluding hydrogens is 281 g/mol. The monoisotopic (exact) mass is 301 g/mol. The number of hydrazine groups is 1. The first-order valence-corrected chi connectivity index (χ1v) is 6.99. The Morgan fingerprint density at radius 2 is 2.05 bits per heavy atom. The van der Waals surface area contributed by atoms with Gasteiger partial charge in [0.15, 0.2) is 0 Å². The Morgan fingerprint density at radius 1 is 1.27 bits per heavy atom. The quantitative estimate of drug-likeness (QED) is 0.504. The molecule has 0 amide bonds. The molecule has 116 valence electrons. The number of aryl methyl sites for hydroxylation is 1. The molecule has 6 heteroatoms. The summed E-state index contributed by atoms with van der Waals surface area (Å²) in [4.78, 5) is 4.07. The molecule has 0 bridgehead atoms. The molecule has 1 heterocycles. The average Bonchev–Trinajstić information content (AvgIpc) is 2.52. The normalized spacial score (nSPS) is 11.8. The SMILES string of the molecule is CC/C(NN)=C(/N)c1ccncc1Nc1cc(C)ccc1F. The summed E-state index contributed by atoms with van der Waals surface area (Å²) < 4.78 is 13.9. The van der Waals surface area contributed by atoms with Gasteiger partial charge in [-0.05, 0) is 37.1 Å². The minimum atomic E-state index is -0.337. The van der Waals surface area contributed by atoms with E-state index in [0.29, 0.717) is 34.8 Å². The third-order valence-corrected chi connectivity index (χ3v) is 3.36. The van der Waals surface area contributed by atoms with E-state index in [1.165, 1.54) is 6.07 Å². The molecule has 5 nitrogen and oxygen atoms in total. The third kappa shape index (κ3) is 3.35. The van der Waals surface area contributed by atoms with Gasteiger partial charge in [0.05, 0.1) is 23.3 Å². The molecule has 0 spiro atoms. The highest BCUT2D eigenvalue weighted by atomic mass is 19.1. The van der Waals surface area contributed by atoms with E-state index in [4.69, 9.17) is 11.6 Å². The first-order chi connectivity index (χ1) is 10.6. The van der Waals surface area contributed by atoms with Gasteiger partial charge in [-0.15, -0.1) is 0 Å². The summed E-state index contributed by atoms with van der Waals surface area (Å²) in [7, 11) is 0. The molecule has 1 aromatic heterocycles. The van der Waals surface area contributed by atoms with Crippen molar-refractivity contribution in [2.45, 2.75) is 20.3 Å². The van der Waals surface area contributed by atoms with Crippen molar-refractivity contribution in [3.63, 3.8) is 0 Å². The van der Waals surface area contributed by atoms with Crippen LogP contribution >= 0.6 is 0 Å². The van der Waals surface area contributed by atoms with E-state index in [9.17, 15) is 4.39 Å². The zero-order valence-electron chi connectivity index (χ0n) is 12.7. The van der Waals surface area contributed by atoms with Gasteiger partial charge in [0.1, 0.15) is 5.82 Å². The van der Waals surface area contributed by atoms with Crippen LogP contribution in [-0.4, -0.2) is 4.98 Å². The lowest BCUT2D eigenvalue weighted by Crippen LogP contribution is -2.24. The minimum Gasteiger partial charge on any atom is -0.397 e. The Morgan fingerprint density at radius 3 is 2.73 bits per heavy atom. The number of hydrogen-bond donors (Lipinski definition) is 4. The van der Waals surface area contributed by atoms with E-state index in [1.807, 2.05) is 13.8 Å². The highest BCUT2D eigenvalue weighted by Gasteiger charge is 2.11. The van der Waals surface area contributed by atoms with Crippen LogP contribution in [-0.2, 0) is 0 Å². The van der Waals surface area contributed by atoms with Crippen molar-refractivity contribution in [1.82, 2.24) is 10.4 Å². The standard InChI is InChI=1S/C16H20FN5/c1-3-13(22-19)16(18)11-6-7-20-9-15(11)21-14-8-10(2)4-5-12(14)17/h4-9,21-22H,3,18-19H2,1-2H3/b16-13-. The number of pyridine rings is 1. The molecular formula is C16H20FN5. The fourth-order valence-corrected chi connectivity index (χ4v) is 2.14. The Kier molecular flexibility index (Phi) is 4.95. The van der Waals surface area contributed by atoms with Crippen LogP contribution < -0.4 is 22.3 Å². The maximum atomic E-state index is 13.9. The lowest BCUT2D eigenvalue weighted by atomic mass is 10.1. The highest BCUT2D eigenvalue weighted by molar-refractivity contribution is 5.78. The van der Waals surface area contributed by atoms with E-state index in [2.05, 4.69) is 15.7 Å². The molecule has 22 heavy (non-hydrogen) atoms. The van der Waals surface area contributed by atoms with E-state index in [1.54, 1.807) is 30.6 Å². The molecule has 2 aromatic rings. The van der Waals surface area contributed by atoms with Crippen LogP contribution in [0.2, 0.25) is 0 Å². The Hall–Kier alpha value is -2.60. The third-order valence-electron chi connectivity index (χ3n) is 3.36. The molecule has 0 unspecified atom stereocenters. The summed E-state index contributed by atoms with van der Waals surface area (Å²) in [6.07, 6.45) is 3.89. The van der Waals surface area contributed by atoms with Crippen molar-refractivity contribution in [2.75, 3.05) is 5.32 Å². The molecule has 0 aliphatic carbocycles. The largest absolute Gasteiger partial charge is 0.397 e. The second kappa shape index (κ2) is 6.91. The number of anilines is 2. The van der Waals surface area contributed by atoms with Crippen LogP contribution in [0.4, 0.5) is 15.8 Å². The van der Waals surface area contributed by atoms with Gasteiger partial charge in [-0.25, -0.2) is 4.39 Å². The fourth-order valence-electron chi connectivity index (χ4n) is 2.14. The van der Waals surface area contributed by atoms with Crippen LogP contribution in [0, 0.1) is 12.7 Å². The summed E-state index contributed by atoms with van der Waals surface area (Å²) in [6, 6.07) is 6.63.